The average Bonchev–Trinajstić information content (AvgIpc) is 3.10. The highest BCUT2D eigenvalue weighted by atomic mass is 127. The van der Waals surface area contributed by atoms with Crippen LogP contribution < -0.4 is 26.0 Å². The van der Waals surface area contributed by atoms with Gasteiger partial charge in [0.15, 0.2) is 17.2 Å². The summed E-state index contributed by atoms with van der Waals surface area (Å²) in [5.41, 5.74) is 0.293. The minimum absolute atomic E-state index is 0.00272. The molecule has 4 rings (SSSR count). The van der Waals surface area contributed by atoms with E-state index in [0.717, 1.165) is 12.8 Å². The number of phenolic OH excluding ortho intramolecular Hbond substituents is 1. The van der Waals surface area contributed by atoms with E-state index in [-0.39, 0.29) is 30.8 Å². The molecule has 4 amide bonds. The lowest BCUT2D eigenvalue weighted by atomic mass is 10.0. The quantitative estimate of drug-likeness (QED) is 0.0913. The zero-order valence-corrected chi connectivity index (χ0v) is 37.4. The van der Waals surface area contributed by atoms with Gasteiger partial charge < -0.3 is 45.3 Å². The Kier molecular flexibility index (Phi) is 18.0. The van der Waals surface area contributed by atoms with Crippen molar-refractivity contribution < 1.29 is 48.0 Å². The van der Waals surface area contributed by atoms with Crippen molar-refractivity contribution >= 4 is 84.2 Å². The second kappa shape index (κ2) is 21.4. The number of carbonyl (C=O) groups excluding carboxylic acids is 5. The molecule has 2 heterocycles. The molecule has 2 unspecified atom stereocenters. The molecule has 17 heteroatoms. The monoisotopic (exact) mass is 1010 g/mol. The second-order valence-corrected chi connectivity index (χ2v) is 17.1. The number of phenols is 1. The van der Waals surface area contributed by atoms with Crippen molar-refractivity contribution in [2.24, 2.45) is 0 Å². The molecule has 5 N–H and O–H groups in total. The number of benzene rings is 2. The maximum Gasteiger partial charge on any atom is 0.408 e. The molecule has 4 bridgehead atoms. The predicted molar refractivity (Wildman–Crippen MR) is 221 cm³/mol. The number of ether oxygens (including phenoxy) is 4. The van der Waals surface area contributed by atoms with Crippen molar-refractivity contribution in [2.45, 2.75) is 122 Å². The maximum atomic E-state index is 14.4. The number of aromatic hydroxyl groups is 1. The number of amides is 4. The van der Waals surface area contributed by atoms with Crippen molar-refractivity contribution in [3.05, 3.63) is 47.9 Å². The van der Waals surface area contributed by atoms with Crippen LogP contribution in [0.15, 0.2) is 33.2 Å². The topological polar surface area (TPSA) is 191 Å². The van der Waals surface area contributed by atoms with Crippen LogP contribution in [0.25, 0.3) is 0 Å². The lowest BCUT2D eigenvalue weighted by Gasteiger charge is -2.29. The van der Waals surface area contributed by atoms with Gasteiger partial charge in [-0.15, -0.1) is 0 Å². The van der Waals surface area contributed by atoms with Crippen molar-refractivity contribution in [3.63, 3.8) is 0 Å². The van der Waals surface area contributed by atoms with Gasteiger partial charge in [0.05, 0.1) is 25.7 Å². The summed E-state index contributed by atoms with van der Waals surface area (Å²) in [6.45, 7) is 11.0. The standard InChI is InChI=1S/C38H51Br2IN4O10/c1-8-10-12-26(44-37(51)55-38(4,5)6)33(47)42-27-17-22-16-25(41)31(46)29(19-22)54-32-23(39)14-21(15-24(32)40)18-28(36(50)52-7)43-35(49)30(45-34(27)48)20(3)53-13-11-9-2/h14-16,19-20,26-28,30,46H,8-13,17-18H2,1-7H3,(H,42,47)(H,43,49)(H,44,51)(H,45,48)/t20?,26?,27-,28-,30-/m0/s1. The van der Waals surface area contributed by atoms with Crippen molar-refractivity contribution in [3.8, 4) is 17.2 Å². The summed E-state index contributed by atoms with van der Waals surface area (Å²) in [5, 5.41) is 22.0. The summed E-state index contributed by atoms with van der Waals surface area (Å²) in [7, 11) is 1.20. The largest absolute Gasteiger partial charge is 0.504 e. The second-order valence-electron chi connectivity index (χ2n) is 14.2. The van der Waals surface area contributed by atoms with Gasteiger partial charge in [-0.2, -0.15) is 0 Å². The molecule has 2 aliphatic rings. The summed E-state index contributed by atoms with van der Waals surface area (Å²) in [6.07, 6.45) is 1.32. The highest BCUT2D eigenvalue weighted by Gasteiger charge is 2.36. The van der Waals surface area contributed by atoms with Crippen LogP contribution in [-0.2, 0) is 46.2 Å². The Balaban J connectivity index is 2.18. The fraction of sp³-hybridized carbons (Fsp3) is 0.553. The zero-order valence-electron chi connectivity index (χ0n) is 32.1. The van der Waals surface area contributed by atoms with Gasteiger partial charge in [-0.1, -0.05) is 33.1 Å². The molecule has 5 atom stereocenters. The Morgan fingerprint density at radius 2 is 1.64 bits per heavy atom. The van der Waals surface area contributed by atoms with Crippen LogP contribution in [0.3, 0.4) is 0 Å². The Labute approximate surface area is 352 Å². The van der Waals surface area contributed by atoms with E-state index in [2.05, 4.69) is 53.1 Å². The highest BCUT2D eigenvalue weighted by molar-refractivity contribution is 14.1. The van der Waals surface area contributed by atoms with Crippen LogP contribution in [0.4, 0.5) is 4.79 Å². The fourth-order valence-electron chi connectivity index (χ4n) is 5.60. The Hall–Kier alpha value is -3.16. The van der Waals surface area contributed by atoms with Crippen LogP contribution in [0, 0.1) is 3.57 Å². The molecular weight excluding hydrogens is 959 g/mol. The first-order valence-electron chi connectivity index (χ1n) is 18.1. The molecule has 0 aromatic heterocycles. The fourth-order valence-corrected chi connectivity index (χ4v) is 7.71. The molecule has 0 spiro atoms. The van der Waals surface area contributed by atoms with E-state index >= 15 is 0 Å². The van der Waals surface area contributed by atoms with Gasteiger partial charge in [0.25, 0.3) is 0 Å². The summed E-state index contributed by atoms with van der Waals surface area (Å²) in [5.74, 6) is -2.61. The summed E-state index contributed by atoms with van der Waals surface area (Å²) in [6, 6.07) is 1.77. The molecule has 0 radical (unpaired) electrons. The number of methoxy groups -OCH3 is 1. The van der Waals surface area contributed by atoms with E-state index in [1.807, 2.05) is 36.4 Å². The molecule has 304 valence electrons. The molecule has 2 aliphatic heterocycles. The van der Waals surface area contributed by atoms with Crippen LogP contribution in [0.5, 0.6) is 17.2 Å². The number of alkyl carbamates (subject to hydrolysis) is 1. The van der Waals surface area contributed by atoms with Gasteiger partial charge in [-0.25, -0.2) is 9.59 Å². The number of hydrogen-bond acceptors (Lipinski definition) is 10. The number of fused-ring (bicyclic) bond motifs is 10. The van der Waals surface area contributed by atoms with E-state index in [0.29, 0.717) is 48.8 Å². The minimum Gasteiger partial charge on any atom is -0.504 e. The summed E-state index contributed by atoms with van der Waals surface area (Å²) >= 11 is 9.01. The number of hydrogen-bond donors (Lipinski definition) is 5. The third-order valence-electron chi connectivity index (χ3n) is 8.46. The van der Waals surface area contributed by atoms with Crippen molar-refractivity contribution in [1.29, 1.82) is 0 Å². The van der Waals surface area contributed by atoms with Crippen LogP contribution in [0.2, 0.25) is 0 Å². The molecule has 0 saturated carbocycles. The van der Waals surface area contributed by atoms with Crippen molar-refractivity contribution in [1.82, 2.24) is 21.3 Å². The molecule has 0 saturated heterocycles. The Morgan fingerprint density at radius 1 is 1.00 bits per heavy atom. The lowest BCUT2D eigenvalue weighted by molar-refractivity contribution is -0.146. The van der Waals surface area contributed by atoms with Gasteiger partial charge >= 0.3 is 12.1 Å². The smallest absolute Gasteiger partial charge is 0.408 e. The number of unbranched alkanes of at least 4 members (excludes halogenated alkanes) is 2. The van der Waals surface area contributed by atoms with Crippen molar-refractivity contribution in [2.75, 3.05) is 13.7 Å². The number of esters is 1. The highest BCUT2D eigenvalue weighted by Crippen LogP contribution is 2.42. The third-order valence-corrected chi connectivity index (χ3v) is 10.5. The molecule has 2 aromatic carbocycles. The first-order chi connectivity index (χ1) is 25.9. The van der Waals surface area contributed by atoms with Gasteiger partial charge in [-0.3, -0.25) is 14.4 Å². The zero-order chi connectivity index (χ0) is 41.0. The first-order valence-corrected chi connectivity index (χ1v) is 20.8. The van der Waals surface area contributed by atoms with Crippen LogP contribution >= 0.6 is 54.5 Å². The molecule has 0 fully saturated rings. The van der Waals surface area contributed by atoms with Gasteiger partial charge in [-0.05, 0) is 130 Å². The van der Waals surface area contributed by atoms with Gasteiger partial charge in [0.2, 0.25) is 17.7 Å². The van der Waals surface area contributed by atoms with E-state index in [1.165, 1.54) is 7.11 Å². The molecule has 2 aromatic rings. The van der Waals surface area contributed by atoms with Crippen LogP contribution in [0.1, 0.15) is 84.8 Å². The van der Waals surface area contributed by atoms with E-state index in [9.17, 15) is 29.1 Å². The molecule has 14 nitrogen and oxygen atoms in total. The van der Waals surface area contributed by atoms with E-state index < -0.39 is 65.7 Å². The Bertz CT molecular complexity index is 1680. The Morgan fingerprint density at radius 3 is 2.24 bits per heavy atom. The van der Waals surface area contributed by atoms with Crippen LogP contribution in [-0.4, -0.2) is 84.5 Å². The summed E-state index contributed by atoms with van der Waals surface area (Å²) in [4.78, 5) is 68.3. The SMILES string of the molecule is CCCCOC(C)[C@@H]1NC(=O)[C@@H](NC(=O)C(CCCC)NC(=O)OC(C)(C)C)Cc2cc(I)c(O)c(c2)Oc2c(Br)cc(cc2Br)C[C@@H](C(=O)OC)NC1=O. The molecular formula is C38H51Br2IN4O10. The number of halogens is 3. The van der Waals surface area contributed by atoms with E-state index in [1.54, 1.807) is 52.0 Å². The normalized spacial score (nSPS) is 18.8. The summed E-state index contributed by atoms with van der Waals surface area (Å²) < 4.78 is 24.0. The minimum atomic E-state index is -1.32. The van der Waals surface area contributed by atoms with Gasteiger partial charge in [0.1, 0.15) is 29.8 Å². The number of nitrogens with one attached hydrogen (secondary N) is 4. The van der Waals surface area contributed by atoms with Gasteiger partial charge in [0, 0.05) is 19.4 Å². The third kappa shape index (κ3) is 14.1. The predicted octanol–water partition coefficient (Wildman–Crippen LogP) is 6.33. The number of carbonyl (C=O) groups is 5. The molecule has 55 heavy (non-hydrogen) atoms. The first kappa shape index (κ1) is 46.2. The molecule has 0 aliphatic carbocycles. The maximum absolute atomic E-state index is 14.4. The number of rotatable bonds is 12. The average molecular weight is 1010 g/mol. The lowest BCUT2D eigenvalue weighted by Crippen LogP contribution is -2.61. The van der Waals surface area contributed by atoms with E-state index in [4.69, 9.17) is 18.9 Å².